The van der Waals surface area contributed by atoms with Crippen LogP contribution in [0.25, 0.3) is 0 Å². The number of primary amides is 1. The van der Waals surface area contributed by atoms with Gasteiger partial charge in [-0.25, -0.2) is 4.98 Å². The van der Waals surface area contributed by atoms with Gasteiger partial charge >= 0.3 is 5.97 Å². The Morgan fingerprint density at radius 1 is 1.21 bits per heavy atom. The number of likely N-dealkylation sites (N-methyl/N-ethyl adjacent to an activating group) is 1. The maximum absolute atomic E-state index is 12.6. The molecule has 0 unspecified atom stereocenters. The van der Waals surface area contributed by atoms with Gasteiger partial charge in [-0.3, -0.25) is 19.2 Å². The largest absolute Gasteiger partial charge is 0.481 e. The quantitative estimate of drug-likeness (QED) is 0.196. The fraction of sp³-hybridized carbons (Fsp3) is 0.562. The van der Waals surface area contributed by atoms with Gasteiger partial charge in [-0.05, 0) is 20.4 Å². The van der Waals surface area contributed by atoms with Crippen LogP contribution in [-0.4, -0.2) is 75.1 Å². The summed E-state index contributed by atoms with van der Waals surface area (Å²) in [6.45, 7) is 1.42. The van der Waals surface area contributed by atoms with Crippen LogP contribution < -0.4 is 21.7 Å². The van der Waals surface area contributed by atoms with Gasteiger partial charge in [-0.15, -0.1) is 0 Å². The number of H-pyrrole nitrogens is 1. The molecule has 0 bridgehead atoms. The standard InChI is InChI=1S/C16H26N6O6/c1-8(23)13(18-2)16(28)22-11(5-9-6-19-7-20-9)15(27)21-10(14(17)26)3-4-12(24)25/h6-8,10-11,13,18,23H,3-5H2,1-2H3,(H2,17,26)(H,19,20)(H,21,27)(H,22,28)(H,24,25)/t8-,10+,11+,13+/m0/s1. The average molecular weight is 398 g/mol. The van der Waals surface area contributed by atoms with Gasteiger partial charge in [-0.1, -0.05) is 0 Å². The van der Waals surface area contributed by atoms with E-state index in [0.29, 0.717) is 5.69 Å². The van der Waals surface area contributed by atoms with Crippen molar-refractivity contribution in [2.24, 2.45) is 5.73 Å². The summed E-state index contributed by atoms with van der Waals surface area (Å²) in [5, 5.41) is 25.9. The highest BCUT2D eigenvalue weighted by atomic mass is 16.4. The average Bonchev–Trinajstić information content (AvgIpc) is 3.10. The molecule has 0 aliphatic rings. The highest BCUT2D eigenvalue weighted by Gasteiger charge is 2.30. The molecule has 3 amide bonds. The Labute approximate surface area is 161 Å². The first kappa shape index (κ1) is 23.0. The smallest absolute Gasteiger partial charge is 0.303 e. The van der Waals surface area contributed by atoms with E-state index >= 15 is 0 Å². The molecule has 0 aromatic carbocycles. The minimum absolute atomic E-state index is 0.0260. The summed E-state index contributed by atoms with van der Waals surface area (Å²) in [5.41, 5.74) is 5.77. The van der Waals surface area contributed by atoms with E-state index in [-0.39, 0.29) is 19.3 Å². The lowest BCUT2D eigenvalue weighted by Crippen LogP contribution is -2.58. The second-order valence-electron chi connectivity index (χ2n) is 6.25. The SMILES string of the molecule is CN[C@@H](C(=O)N[C@H](Cc1cnc[nH]1)C(=O)N[C@H](CCC(=O)O)C(N)=O)[C@H](C)O. The van der Waals surface area contributed by atoms with Gasteiger partial charge in [0.25, 0.3) is 0 Å². The summed E-state index contributed by atoms with van der Waals surface area (Å²) >= 11 is 0. The van der Waals surface area contributed by atoms with Crippen LogP contribution in [0.2, 0.25) is 0 Å². The molecule has 1 rings (SSSR count). The zero-order chi connectivity index (χ0) is 21.3. The van der Waals surface area contributed by atoms with Gasteiger partial charge in [0, 0.05) is 24.7 Å². The third-order valence-electron chi connectivity index (χ3n) is 3.99. The molecule has 8 N–H and O–H groups in total. The van der Waals surface area contributed by atoms with Gasteiger partial charge in [0.1, 0.15) is 18.1 Å². The minimum atomic E-state index is -1.21. The van der Waals surface area contributed by atoms with E-state index in [2.05, 4.69) is 25.9 Å². The second-order valence-corrected chi connectivity index (χ2v) is 6.25. The van der Waals surface area contributed by atoms with Crippen molar-refractivity contribution in [3.05, 3.63) is 18.2 Å². The molecule has 0 saturated heterocycles. The molecule has 0 fully saturated rings. The van der Waals surface area contributed by atoms with Crippen molar-refractivity contribution in [2.75, 3.05) is 7.05 Å². The summed E-state index contributed by atoms with van der Waals surface area (Å²) in [5.74, 6) is -3.38. The van der Waals surface area contributed by atoms with Crippen molar-refractivity contribution in [2.45, 2.75) is 50.4 Å². The van der Waals surface area contributed by atoms with Crippen LogP contribution in [0.15, 0.2) is 12.5 Å². The van der Waals surface area contributed by atoms with Crippen LogP contribution in [0.4, 0.5) is 0 Å². The molecule has 0 radical (unpaired) electrons. The summed E-state index contributed by atoms with van der Waals surface area (Å²) < 4.78 is 0. The summed E-state index contributed by atoms with van der Waals surface area (Å²) in [6.07, 6.45) is 1.32. The van der Waals surface area contributed by atoms with Gasteiger partial charge in [0.2, 0.25) is 17.7 Å². The highest BCUT2D eigenvalue weighted by Crippen LogP contribution is 2.04. The van der Waals surface area contributed by atoms with Crippen molar-refractivity contribution in [3.63, 3.8) is 0 Å². The number of aromatic nitrogens is 2. The Hall–Kier alpha value is -2.99. The molecular weight excluding hydrogens is 372 g/mol. The number of imidazole rings is 1. The summed E-state index contributed by atoms with van der Waals surface area (Å²) in [7, 11) is 1.48. The molecule has 0 spiro atoms. The van der Waals surface area contributed by atoms with Gasteiger partial charge < -0.3 is 36.9 Å². The molecule has 12 nitrogen and oxygen atoms in total. The first-order chi connectivity index (χ1) is 13.1. The number of carboxylic acid groups (broad SMARTS) is 1. The first-order valence-electron chi connectivity index (χ1n) is 8.60. The molecular formula is C16H26N6O6. The Kier molecular flexibility index (Phi) is 9.05. The van der Waals surface area contributed by atoms with E-state index in [1.807, 2.05) is 0 Å². The molecule has 1 aromatic rings. The number of aliphatic hydroxyl groups excluding tert-OH is 1. The van der Waals surface area contributed by atoms with Crippen molar-refractivity contribution in [1.82, 2.24) is 25.9 Å². The van der Waals surface area contributed by atoms with Crippen molar-refractivity contribution < 1.29 is 29.4 Å². The molecule has 28 heavy (non-hydrogen) atoms. The van der Waals surface area contributed by atoms with Gasteiger partial charge in [0.15, 0.2) is 0 Å². The number of carbonyl (C=O) groups is 4. The Morgan fingerprint density at radius 3 is 2.32 bits per heavy atom. The van der Waals surface area contributed by atoms with Gasteiger partial charge in [0.05, 0.1) is 12.4 Å². The fourth-order valence-corrected chi connectivity index (χ4v) is 2.50. The number of amides is 3. The number of aromatic amines is 1. The Morgan fingerprint density at radius 2 is 1.86 bits per heavy atom. The lowest BCUT2D eigenvalue weighted by atomic mass is 10.1. The Balaban J connectivity index is 2.92. The topological polar surface area (TPSA) is 200 Å². The summed E-state index contributed by atoms with van der Waals surface area (Å²) in [6, 6.07) is -3.29. The lowest BCUT2D eigenvalue weighted by molar-refractivity contribution is -0.137. The van der Waals surface area contributed by atoms with Crippen LogP contribution in [-0.2, 0) is 25.6 Å². The van der Waals surface area contributed by atoms with Crippen LogP contribution >= 0.6 is 0 Å². The number of nitrogens with one attached hydrogen (secondary N) is 4. The van der Waals surface area contributed by atoms with Crippen molar-refractivity contribution in [1.29, 1.82) is 0 Å². The molecule has 156 valence electrons. The summed E-state index contributed by atoms with van der Waals surface area (Å²) in [4.78, 5) is 53.9. The second kappa shape index (κ2) is 11.0. The number of hydrogen-bond acceptors (Lipinski definition) is 7. The van der Waals surface area contributed by atoms with E-state index in [1.54, 1.807) is 0 Å². The molecule has 1 heterocycles. The number of carboxylic acids is 1. The predicted molar refractivity (Wildman–Crippen MR) is 96.7 cm³/mol. The lowest BCUT2D eigenvalue weighted by Gasteiger charge is -2.24. The minimum Gasteiger partial charge on any atom is -0.481 e. The van der Waals surface area contributed by atoms with Crippen molar-refractivity contribution >= 4 is 23.7 Å². The maximum Gasteiger partial charge on any atom is 0.303 e. The van der Waals surface area contributed by atoms with Crippen LogP contribution in [0, 0.1) is 0 Å². The molecule has 0 aliphatic heterocycles. The van der Waals surface area contributed by atoms with E-state index < -0.39 is 47.9 Å². The molecule has 0 aliphatic carbocycles. The third-order valence-corrected chi connectivity index (χ3v) is 3.99. The van der Waals surface area contributed by atoms with E-state index in [4.69, 9.17) is 10.8 Å². The number of hydrogen-bond donors (Lipinski definition) is 7. The zero-order valence-corrected chi connectivity index (χ0v) is 15.6. The third kappa shape index (κ3) is 7.32. The number of nitrogens with two attached hydrogens (primary N) is 1. The van der Waals surface area contributed by atoms with E-state index in [0.717, 1.165) is 0 Å². The molecule has 4 atom stereocenters. The predicted octanol–water partition coefficient (Wildman–Crippen LogP) is -2.76. The molecule has 1 aromatic heterocycles. The van der Waals surface area contributed by atoms with Crippen LogP contribution in [0.1, 0.15) is 25.5 Å². The highest BCUT2D eigenvalue weighted by molar-refractivity contribution is 5.93. The van der Waals surface area contributed by atoms with Crippen LogP contribution in [0.5, 0.6) is 0 Å². The number of nitrogens with zero attached hydrogens (tertiary/aromatic N) is 1. The number of rotatable bonds is 12. The monoisotopic (exact) mass is 398 g/mol. The number of aliphatic carboxylic acids is 1. The van der Waals surface area contributed by atoms with Crippen molar-refractivity contribution in [3.8, 4) is 0 Å². The van der Waals surface area contributed by atoms with E-state index in [9.17, 15) is 24.3 Å². The van der Waals surface area contributed by atoms with Gasteiger partial charge in [-0.2, -0.15) is 0 Å². The van der Waals surface area contributed by atoms with E-state index in [1.165, 1.54) is 26.5 Å². The molecule has 12 heteroatoms. The van der Waals surface area contributed by atoms with Crippen LogP contribution in [0.3, 0.4) is 0 Å². The normalized spacial score (nSPS) is 15.1. The first-order valence-corrected chi connectivity index (χ1v) is 8.60. The Bertz CT molecular complexity index is 677. The fourth-order valence-electron chi connectivity index (χ4n) is 2.50. The zero-order valence-electron chi connectivity index (χ0n) is 15.6. The molecule has 0 saturated carbocycles. The number of aliphatic hydroxyl groups is 1. The number of carbonyl (C=O) groups excluding carboxylic acids is 3. The maximum atomic E-state index is 12.6.